The first-order valence-corrected chi connectivity index (χ1v) is 8.75. The van der Waals surface area contributed by atoms with Crippen molar-refractivity contribution in [3.63, 3.8) is 0 Å². The van der Waals surface area contributed by atoms with Crippen molar-refractivity contribution in [2.75, 3.05) is 23.3 Å². The van der Waals surface area contributed by atoms with Gasteiger partial charge in [0.25, 0.3) is 0 Å². The minimum Gasteiger partial charge on any atom is -0.369 e. The number of hydrogen-bond donors (Lipinski definition) is 2. The molecule has 3 rings (SSSR count). The number of carbonyl (C=O) groups excluding carboxylic acids is 1. The van der Waals surface area contributed by atoms with Crippen molar-refractivity contribution >= 4 is 17.4 Å². The maximum Gasteiger partial charge on any atom is 0.319 e. The van der Waals surface area contributed by atoms with Crippen molar-refractivity contribution < 1.29 is 9.18 Å². The maximum atomic E-state index is 14.3. The summed E-state index contributed by atoms with van der Waals surface area (Å²) in [7, 11) is 0. The van der Waals surface area contributed by atoms with Crippen LogP contribution < -0.4 is 15.5 Å². The third-order valence-electron chi connectivity index (χ3n) is 5.08. The van der Waals surface area contributed by atoms with Gasteiger partial charge in [-0.3, -0.25) is 0 Å². The fraction of sp³-hybridized carbons (Fsp3) is 0.611. The first kappa shape index (κ1) is 16.1. The zero-order chi connectivity index (χ0) is 16.2. The summed E-state index contributed by atoms with van der Waals surface area (Å²) >= 11 is 0. The number of rotatable bonds is 3. The SMILES string of the molecule is CC1CCCCC1NC(=O)Nc1ccc(N2CCCC2)c(F)c1. The smallest absolute Gasteiger partial charge is 0.319 e. The Morgan fingerprint density at radius 1 is 1.17 bits per heavy atom. The molecule has 0 aromatic heterocycles. The quantitative estimate of drug-likeness (QED) is 0.880. The number of halogens is 1. The van der Waals surface area contributed by atoms with Gasteiger partial charge in [-0.15, -0.1) is 0 Å². The van der Waals surface area contributed by atoms with E-state index in [4.69, 9.17) is 0 Å². The van der Waals surface area contributed by atoms with E-state index in [1.165, 1.54) is 12.5 Å². The topological polar surface area (TPSA) is 44.4 Å². The van der Waals surface area contributed by atoms with E-state index in [0.29, 0.717) is 17.3 Å². The summed E-state index contributed by atoms with van der Waals surface area (Å²) in [5.41, 5.74) is 1.14. The Hall–Kier alpha value is -1.78. The number of anilines is 2. The van der Waals surface area contributed by atoms with Crippen molar-refractivity contribution in [1.29, 1.82) is 0 Å². The van der Waals surface area contributed by atoms with Crippen LogP contribution in [0.2, 0.25) is 0 Å². The third kappa shape index (κ3) is 3.95. The zero-order valence-corrected chi connectivity index (χ0v) is 13.8. The van der Waals surface area contributed by atoms with Gasteiger partial charge in [-0.1, -0.05) is 19.8 Å². The highest BCUT2D eigenvalue weighted by Gasteiger charge is 2.23. The van der Waals surface area contributed by atoms with Crippen molar-refractivity contribution in [3.05, 3.63) is 24.0 Å². The van der Waals surface area contributed by atoms with Gasteiger partial charge in [0.1, 0.15) is 5.82 Å². The number of amides is 2. The Morgan fingerprint density at radius 3 is 2.61 bits per heavy atom. The fourth-order valence-corrected chi connectivity index (χ4v) is 3.67. The molecule has 2 amide bonds. The van der Waals surface area contributed by atoms with Crippen LogP contribution in [-0.2, 0) is 0 Å². The van der Waals surface area contributed by atoms with Gasteiger partial charge in [0.2, 0.25) is 0 Å². The molecular weight excluding hydrogens is 293 g/mol. The Balaban J connectivity index is 1.58. The summed E-state index contributed by atoms with van der Waals surface area (Å²) in [6.07, 6.45) is 6.81. The number of hydrogen-bond acceptors (Lipinski definition) is 2. The average Bonchev–Trinajstić information content (AvgIpc) is 3.04. The molecule has 0 radical (unpaired) electrons. The first-order chi connectivity index (χ1) is 11.1. The minimum atomic E-state index is -0.268. The van der Waals surface area contributed by atoms with Gasteiger partial charge in [-0.25, -0.2) is 9.18 Å². The van der Waals surface area contributed by atoms with Gasteiger partial charge in [0.05, 0.1) is 5.69 Å². The molecular formula is C18H26FN3O. The summed E-state index contributed by atoms with van der Waals surface area (Å²) in [6.45, 7) is 3.99. The standard InChI is InChI=1S/C18H26FN3O/c1-13-6-2-3-7-16(13)21-18(23)20-14-8-9-17(15(19)12-14)22-10-4-5-11-22/h8-9,12-13,16H,2-7,10-11H2,1H3,(H2,20,21,23). The van der Waals surface area contributed by atoms with E-state index in [-0.39, 0.29) is 17.9 Å². The number of urea groups is 1. The van der Waals surface area contributed by atoms with Crippen molar-refractivity contribution in [1.82, 2.24) is 5.32 Å². The van der Waals surface area contributed by atoms with Crippen LogP contribution in [-0.4, -0.2) is 25.2 Å². The lowest BCUT2D eigenvalue weighted by atomic mass is 9.86. The summed E-state index contributed by atoms with van der Waals surface area (Å²) in [5.74, 6) is 0.236. The summed E-state index contributed by atoms with van der Waals surface area (Å²) in [5, 5.41) is 5.78. The van der Waals surface area contributed by atoms with Gasteiger partial charge in [-0.2, -0.15) is 0 Å². The molecule has 4 nitrogen and oxygen atoms in total. The van der Waals surface area contributed by atoms with E-state index in [1.807, 2.05) is 0 Å². The normalized spacial score (nSPS) is 24.5. The molecule has 2 fully saturated rings. The van der Waals surface area contributed by atoms with Crippen LogP contribution in [0.3, 0.4) is 0 Å². The molecule has 0 bridgehead atoms. The van der Waals surface area contributed by atoms with Crippen LogP contribution in [0.5, 0.6) is 0 Å². The molecule has 1 aromatic rings. The summed E-state index contributed by atoms with van der Waals surface area (Å²) in [4.78, 5) is 14.2. The highest BCUT2D eigenvalue weighted by atomic mass is 19.1. The fourth-order valence-electron chi connectivity index (χ4n) is 3.67. The molecule has 0 spiro atoms. The first-order valence-electron chi connectivity index (χ1n) is 8.75. The molecule has 1 aromatic carbocycles. The van der Waals surface area contributed by atoms with E-state index >= 15 is 0 Å². The Morgan fingerprint density at radius 2 is 1.91 bits per heavy atom. The molecule has 5 heteroatoms. The lowest BCUT2D eigenvalue weighted by Crippen LogP contribution is -2.43. The van der Waals surface area contributed by atoms with Gasteiger partial charge in [0.15, 0.2) is 0 Å². The lowest BCUT2D eigenvalue weighted by molar-refractivity contribution is 0.232. The largest absolute Gasteiger partial charge is 0.369 e. The van der Waals surface area contributed by atoms with Crippen molar-refractivity contribution in [2.45, 2.75) is 51.5 Å². The molecule has 1 heterocycles. The molecule has 2 aliphatic rings. The lowest BCUT2D eigenvalue weighted by Gasteiger charge is -2.29. The molecule has 1 aliphatic carbocycles. The van der Waals surface area contributed by atoms with E-state index in [0.717, 1.165) is 45.2 Å². The van der Waals surface area contributed by atoms with Gasteiger partial charge < -0.3 is 15.5 Å². The van der Waals surface area contributed by atoms with E-state index in [1.54, 1.807) is 12.1 Å². The van der Waals surface area contributed by atoms with Crippen molar-refractivity contribution in [2.24, 2.45) is 5.92 Å². The summed E-state index contributed by atoms with van der Waals surface area (Å²) in [6, 6.07) is 4.94. The second-order valence-corrected chi connectivity index (χ2v) is 6.83. The van der Waals surface area contributed by atoms with Crippen LogP contribution in [0.15, 0.2) is 18.2 Å². The van der Waals surface area contributed by atoms with Gasteiger partial charge in [0, 0.05) is 24.8 Å². The van der Waals surface area contributed by atoms with E-state index < -0.39 is 0 Å². The van der Waals surface area contributed by atoms with Crippen molar-refractivity contribution in [3.8, 4) is 0 Å². The van der Waals surface area contributed by atoms with E-state index in [9.17, 15) is 9.18 Å². The molecule has 2 atom stereocenters. The molecule has 23 heavy (non-hydrogen) atoms. The summed E-state index contributed by atoms with van der Waals surface area (Å²) < 4.78 is 14.3. The van der Waals surface area contributed by atoms with E-state index in [2.05, 4.69) is 22.5 Å². The second kappa shape index (κ2) is 7.20. The van der Waals surface area contributed by atoms with Crippen LogP contribution in [0.1, 0.15) is 45.4 Å². The van der Waals surface area contributed by atoms with Crippen LogP contribution in [0, 0.1) is 11.7 Å². The minimum absolute atomic E-state index is 0.220. The number of carbonyl (C=O) groups is 1. The predicted octanol–water partition coefficient (Wildman–Crippen LogP) is 4.13. The average molecular weight is 319 g/mol. The number of nitrogens with one attached hydrogen (secondary N) is 2. The Bertz CT molecular complexity index is 557. The second-order valence-electron chi connectivity index (χ2n) is 6.83. The Labute approximate surface area is 137 Å². The Kier molecular flexibility index (Phi) is 5.03. The molecule has 126 valence electrons. The predicted molar refractivity (Wildman–Crippen MR) is 91.4 cm³/mol. The van der Waals surface area contributed by atoms with Gasteiger partial charge >= 0.3 is 6.03 Å². The van der Waals surface area contributed by atoms with Crippen LogP contribution >= 0.6 is 0 Å². The highest BCUT2D eigenvalue weighted by Crippen LogP contribution is 2.26. The highest BCUT2D eigenvalue weighted by molar-refractivity contribution is 5.89. The molecule has 1 aliphatic heterocycles. The number of benzene rings is 1. The zero-order valence-electron chi connectivity index (χ0n) is 13.8. The molecule has 1 saturated heterocycles. The number of nitrogens with zero attached hydrogens (tertiary/aromatic N) is 1. The monoisotopic (exact) mass is 319 g/mol. The molecule has 2 N–H and O–H groups in total. The third-order valence-corrected chi connectivity index (χ3v) is 5.08. The van der Waals surface area contributed by atoms with Crippen LogP contribution in [0.4, 0.5) is 20.6 Å². The maximum absolute atomic E-state index is 14.3. The van der Waals surface area contributed by atoms with Crippen LogP contribution in [0.25, 0.3) is 0 Å². The molecule has 1 saturated carbocycles. The van der Waals surface area contributed by atoms with Gasteiger partial charge in [-0.05, 0) is 49.8 Å². The molecule has 2 unspecified atom stereocenters.